The lowest BCUT2D eigenvalue weighted by atomic mass is 10.3. The normalized spacial score (nSPS) is 12.1. The second-order valence-corrected chi connectivity index (χ2v) is 5.14. The molecule has 0 spiro atoms. The number of nitrogens with one attached hydrogen (secondary N) is 2. The van der Waals surface area contributed by atoms with Crippen LogP contribution < -0.4 is 10.6 Å². The zero-order valence-corrected chi connectivity index (χ0v) is 11.4. The Kier molecular flexibility index (Phi) is 4.59. The van der Waals surface area contributed by atoms with Crippen molar-refractivity contribution in [1.29, 1.82) is 0 Å². The molecule has 3 N–H and O–H groups in total. The zero-order valence-electron chi connectivity index (χ0n) is 10.6. The fraction of sp³-hybridized carbons (Fsp3) is 0.308. The highest BCUT2D eigenvalue weighted by Gasteiger charge is 2.12. The number of hydrogen-bond acceptors (Lipinski definition) is 4. The number of carbonyl (C=O) groups is 1. The van der Waals surface area contributed by atoms with E-state index < -0.39 is 6.10 Å². The van der Waals surface area contributed by atoms with Crippen LogP contribution in [0.1, 0.15) is 22.5 Å². The number of aliphatic hydroxyl groups is 1. The van der Waals surface area contributed by atoms with Gasteiger partial charge in [-0.25, -0.2) is 4.79 Å². The number of thiophene rings is 1. The molecule has 0 aliphatic carbocycles. The minimum Gasteiger partial charge on any atom is -0.464 e. The second kappa shape index (κ2) is 6.40. The SMILES string of the molecule is Cc1ccc([C@H](O)CNC(=O)NCc2cccs2)o1. The van der Waals surface area contributed by atoms with E-state index >= 15 is 0 Å². The van der Waals surface area contributed by atoms with E-state index in [0.29, 0.717) is 12.3 Å². The van der Waals surface area contributed by atoms with Crippen molar-refractivity contribution in [3.63, 3.8) is 0 Å². The fourth-order valence-electron chi connectivity index (χ4n) is 1.57. The van der Waals surface area contributed by atoms with Gasteiger partial charge >= 0.3 is 6.03 Å². The molecule has 2 heterocycles. The van der Waals surface area contributed by atoms with E-state index in [1.54, 1.807) is 30.4 Å². The number of rotatable bonds is 5. The van der Waals surface area contributed by atoms with Gasteiger partial charge < -0.3 is 20.2 Å². The van der Waals surface area contributed by atoms with E-state index in [4.69, 9.17) is 4.42 Å². The fourth-order valence-corrected chi connectivity index (χ4v) is 2.21. The summed E-state index contributed by atoms with van der Waals surface area (Å²) in [5.41, 5.74) is 0. The molecule has 0 bridgehead atoms. The molecule has 1 atom stereocenters. The Morgan fingerprint density at radius 1 is 1.42 bits per heavy atom. The molecule has 0 saturated heterocycles. The molecular weight excluding hydrogens is 264 g/mol. The number of urea groups is 1. The van der Waals surface area contributed by atoms with Gasteiger partial charge in [0.05, 0.1) is 13.1 Å². The van der Waals surface area contributed by atoms with Crippen LogP contribution in [0.15, 0.2) is 34.1 Å². The van der Waals surface area contributed by atoms with Gasteiger partial charge in [-0.3, -0.25) is 0 Å². The smallest absolute Gasteiger partial charge is 0.315 e. The Morgan fingerprint density at radius 2 is 2.26 bits per heavy atom. The highest BCUT2D eigenvalue weighted by molar-refractivity contribution is 7.09. The molecule has 0 aliphatic heterocycles. The van der Waals surface area contributed by atoms with Crippen molar-refractivity contribution < 1.29 is 14.3 Å². The van der Waals surface area contributed by atoms with Crippen LogP contribution in [0.2, 0.25) is 0 Å². The van der Waals surface area contributed by atoms with E-state index in [1.165, 1.54) is 0 Å². The Hall–Kier alpha value is -1.79. The van der Waals surface area contributed by atoms with Crippen LogP contribution in [-0.2, 0) is 6.54 Å². The summed E-state index contributed by atoms with van der Waals surface area (Å²) in [5.74, 6) is 1.19. The number of furan rings is 1. The molecule has 102 valence electrons. The summed E-state index contributed by atoms with van der Waals surface area (Å²) >= 11 is 1.58. The molecule has 2 aromatic rings. The van der Waals surface area contributed by atoms with E-state index in [-0.39, 0.29) is 12.6 Å². The first-order valence-corrected chi connectivity index (χ1v) is 6.81. The maximum atomic E-state index is 11.5. The van der Waals surface area contributed by atoms with Crippen LogP contribution in [0.25, 0.3) is 0 Å². The minimum absolute atomic E-state index is 0.114. The monoisotopic (exact) mass is 280 g/mol. The molecule has 2 amide bonds. The maximum absolute atomic E-state index is 11.5. The Balaban J connectivity index is 1.71. The first kappa shape index (κ1) is 13.6. The molecule has 0 radical (unpaired) electrons. The van der Waals surface area contributed by atoms with E-state index in [1.807, 2.05) is 17.5 Å². The van der Waals surface area contributed by atoms with Gasteiger partial charge in [-0.2, -0.15) is 0 Å². The molecule has 0 aliphatic rings. The van der Waals surface area contributed by atoms with Crippen LogP contribution in [0.4, 0.5) is 4.79 Å². The topological polar surface area (TPSA) is 74.5 Å². The summed E-state index contributed by atoms with van der Waals surface area (Å²) in [4.78, 5) is 12.6. The summed E-state index contributed by atoms with van der Waals surface area (Å²) < 4.78 is 5.28. The molecule has 0 unspecified atom stereocenters. The summed E-state index contributed by atoms with van der Waals surface area (Å²) in [5, 5.41) is 17.1. The van der Waals surface area contributed by atoms with Gasteiger partial charge in [-0.1, -0.05) is 6.07 Å². The van der Waals surface area contributed by atoms with Crippen molar-refractivity contribution in [2.75, 3.05) is 6.54 Å². The van der Waals surface area contributed by atoms with Gasteiger partial charge in [-0.05, 0) is 30.5 Å². The van der Waals surface area contributed by atoms with Crippen molar-refractivity contribution in [2.24, 2.45) is 0 Å². The summed E-state index contributed by atoms with van der Waals surface area (Å²) in [6.07, 6.45) is -0.832. The predicted octanol–water partition coefficient (Wildman–Crippen LogP) is 2.18. The molecule has 6 heteroatoms. The number of carbonyl (C=O) groups excluding carboxylic acids is 1. The van der Waals surface area contributed by atoms with Crippen LogP contribution in [0, 0.1) is 6.92 Å². The number of aliphatic hydroxyl groups excluding tert-OH is 1. The summed E-state index contributed by atoms with van der Waals surface area (Å²) in [6.45, 7) is 2.40. The Morgan fingerprint density at radius 3 is 2.89 bits per heavy atom. The van der Waals surface area contributed by atoms with Gasteiger partial charge in [0.1, 0.15) is 17.6 Å². The van der Waals surface area contributed by atoms with Crippen molar-refractivity contribution in [3.05, 3.63) is 46.0 Å². The first-order chi connectivity index (χ1) is 9.15. The largest absolute Gasteiger partial charge is 0.464 e. The number of aryl methyl sites for hydroxylation is 1. The molecule has 2 aromatic heterocycles. The third-order valence-corrected chi connectivity index (χ3v) is 3.43. The average molecular weight is 280 g/mol. The lowest BCUT2D eigenvalue weighted by Gasteiger charge is -2.10. The van der Waals surface area contributed by atoms with Crippen LogP contribution in [0.5, 0.6) is 0 Å². The van der Waals surface area contributed by atoms with E-state index in [0.717, 1.165) is 10.6 Å². The van der Waals surface area contributed by atoms with Gasteiger partial charge in [0.25, 0.3) is 0 Å². The van der Waals surface area contributed by atoms with E-state index in [2.05, 4.69) is 10.6 Å². The van der Waals surface area contributed by atoms with Crippen molar-refractivity contribution >= 4 is 17.4 Å². The lowest BCUT2D eigenvalue weighted by molar-refractivity contribution is 0.146. The van der Waals surface area contributed by atoms with Gasteiger partial charge in [0, 0.05) is 4.88 Å². The molecular formula is C13H16N2O3S. The minimum atomic E-state index is -0.832. The first-order valence-electron chi connectivity index (χ1n) is 5.93. The Labute approximate surface area is 115 Å². The quantitative estimate of drug-likeness (QED) is 0.786. The summed E-state index contributed by atoms with van der Waals surface area (Å²) in [7, 11) is 0. The maximum Gasteiger partial charge on any atom is 0.315 e. The van der Waals surface area contributed by atoms with Crippen LogP contribution >= 0.6 is 11.3 Å². The van der Waals surface area contributed by atoms with Gasteiger partial charge in [-0.15, -0.1) is 11.3 Å². The zero-order chi connectivity index (χ0) is 13.7. The number of hydrogen-bond donors (Lipinski definition) is 3. The summed E-state index contributed by atoms with van der Waals surface area (Å²) in [6, 6.07) is 7.05. The average Bonchev–Trinajstić information content (AvgIpc) is 3.04. The highest BCUT2D eigenvalue weighted by Crippen LogP contribution is 2.15. The molecule has 0 fully saturated rings. The van der Waals surface area contributed by atoms with Crippen LogP contribution in [-0.4, -0.2) is 17.7 Å². The van der Waals surface area contributed by atoms with Crippen molar-refractivity contribution in [1.82, 2.24) is 10.6 Å². The third-order valence-electron chi connectivity index (χ3n) is 2.55. The molecule has 19 heavy (non-hydrogen) atoms. The molecule has 0 saturated carbocycles. The van der Waals surface area contributed by atoms with E-state index in [9.17, 15) is 9.90 Å². The lowest BCUT2D eigenvalue weighted by Crippen LogP contribution is -2.37. The standard InChI is InChI=1S/C13H16N2O3S/c1-9-4-5-12(18-9)11(16)8-15-13(17)14-7-10-3-2-6-19-10/h2-6,11,16H,7-8H2,1H3,(H2,14,15,17)/t11-/m1/s1. The third kappa shape index (κ3) is 4.11. The number of amides is 2. The van der Waals surface area contributed by atoms with Crippen molar-refractivity contribution in [3.8, 4) is 0 Å². The van der Waals surface area contributed by atoms with Gasteiger partial charge in [0.2, 0.25) is 0 Å². The molecule has 0 aromatic carbocycles. The predicted molar refractivity (Wildman–Crippen MR) is 73.0 cm³/mol. The molecule has 2 rings (SSSR count). The highest BCUT2D eigenvalue weighted by atomic mass is 32.1. The Bertz CT molecular complexity index is 522. The van der Waals surface area contributed by atoms with Crippen molar-refractivity contribution in [2.45, 2.75) is 19.6 Å². The van der Waals surface area contributed by atoms with Crippen LogP contribution in [0.3, 0.4) is 0 Å². The second-order valence-electron chi connectivity index (χ2n) is 4.11. The molecule has 5 nitrogen and oxygen atoms in total. The van der Waals surface area contributed by atoms with Gasteiger partial charge in [0.15, 0.2) is 0 Å².